The first-order valence-electron chi connectivity index (χ1n) is 10.2. The normalized spacial score (nSPS) is 29.0. The summed E-state index contributed by atoms with van der Waals surface area (Å²) in [6, 6.07) is 0.693. The van der Waals surface area contributed by atoms with Gasteiger partial charge in [-0.1, -0.05) is 45.1 Å². The van der Waals surface area contributed by atoms with Crippen molar-refractivity contribution in [2.45, 2.75) is 70.8 Å². The van der Waals surface area contributed by atoms with Gasteiger partial charge in [0.15, 0.2) is 0 Å². The van der Waals surface area contributed by atoms with Crippen LogP contribution in [0.15, 0.2) is 33.2 Å². The lowest BCUT2D eigenvalue weighted by Crippen LogP contribution is -2.40. The van der Waals surface area contributed by atoms with Gasteiger partial charge in [0.1, 0.15) is 0 Å². The highest BCUT2D eigenvalue weighted by atomic mass is 32.2. The Morgan fingerprint density at radius 2 is 2.12 bits per heavy atom. The van der Waals surface area contributed by atoms with Crippen molar-refractivity contribution >= 4 is 11.8 Å². The molecule has 0 aromatic carbocycles. The Morgan fingerprint density at radius 1 is 1.21 bits per heavy atom. The van der Waals surface area contributed by atoms with Gasteiger partial charge in [-0.05, 0) is 54.7 Å². The fraction of sp³-hybridized carbons (Fsp3) is 0.714. The molecule has 24 heavy (non-hydrogen) atoms. The second-order valence-corrected chi connectivity index (χ2v) is 8.73. The Bertz CT molecular complexity index is 560. The lowest BCUT2D eigenvalue weighted by atomic mass is 9.85. The lowest BCUT2D eigenvalue weighted by Gasteiger charge is -2.34. The number of rotatable bonds is 6. The van der Waals surface area contributed by atoms with Crippen LogP contribution in [0.25, 0.3) is 0 Å². The largest absolute Gasteiger partial charge is 0.360 e. The summed E-state index contributed by atoms with van der Waals surface area (Å²) in [4.78, 5) is 4.46. The summed E-state index contributed by atoms with van der Waals surface area (Å²) in [5.74, 6) is 0.814. The number of hydrogen-bond acceptors (Lipinski definition) is 3. The molecule has 3 aliphatic heterocycles. The molecule has 0 amide bonds. The molecule has 0 spiro atoms. The first-order chi connectivity index (χ1) is 11.9. The quantitative estimate of drug-likeness (QED) is 0.666. The van der Waals surface area contributed by atoms with Crippen LogP contribution < -0.4 is 5.32 Å². The van der Waals surface area contributed by atoms with Crippen molar-refractivity contribution in [2.75, 3.05) is 19.6 Å². The Hall–Kier alpha value is -0.670. The number of nitrogens with one attached hydrogen (secondary N) is 1. The van der Waals surface area contributed by atoms with Gasteiger partial charge in [-0.2, -0.15) is 0 Å². The molecule has 4 rings (SSSR count). The highest BCUT2D eigenvalue weighted by Gasteiger charge is 2.41. The van der Waals surface area contributed by atoms with Crippen LogP contribution in [0.3, 0.4) is 0 Å². The van der Waals surface area contributed by atoms with E-state index in [1.54, 1.807) is 21.7 Å². The van der Waals surface area contributed by atoms with Crippen molar-refractivity contribution in [2.24, 2.45) is 5.92 Å². The van der Waals surface area contributed by atoms with Crippen molar-refractivity contribution in [3.8, 4) is 0 Å². The molecule has 1 N–H and O–H groups in total. The van der Waals surface area contributed by atoms with E-state index in [-0.39, 0.29) is 0 Å². The molecule has 3 heterocycles. The molecule has 2 atom stereocenters. The van der Waals surface area contributed by atoms with Crippen molar-refractivity contribution in [3.05, 3.63) is 33.2 Å². The topological polar surface area (TPSA) is 15.3 Å². The molecule has 0 aromatic heterocycles. The molecule has 0 radical (unpaired) electrons. The molecule has 0 aromatic rings. The number of hydrogen-bond donors (Lipinski definition) is 1. The monoisotopic (exact) mass is 344 g/mol. The number of unbranched alkanes of at least 4 members (excludes halogenated alkanes) is 4. The second kappa shape index (κ2) is 7.70. The van der Waals surface area contributed by atoms with Crippen LogP contribution in [-0.2, 0) is 0 Å². The molecule has 2 nitrogen and oxygen atoms in total. The standard InChI is InChI=1S/C21H32N2S/c1-2-3-4-5-6-8-16-9-10-17-18-15-22-12-11-19(18)23-13-7-14-24-21(16)20(17)23/h7,14,16,19,22H,2-6,8-13,15H2,1H3. The van der Waals surface area contributed by atoms with Crippen molar-refractivity contribution in [1.29, 1.82) is 0 Å². The predicted octanol–water partition coefficient (Wildman–Crippen LogP) is 5.20. The zero-order valence-corrected chi connectivity index (χ0v) is 16.0. The predicted molar refractivity (Wildman–Crippen MR) is 105 cm³/mol. The summed E-state index contributed by atoms with van der Waals surface area (Å²) in [6.07, 6.45) is 14.8. The molecule has 2 unspecified atom stereocenters. The molecule has 0 saturated carbocycles. The van der Waals surface area contributed by atoms with E-state index in [4.69, 9.17) is 0 Å². The SMILES string of the molecule is CCCCCCCC1CCC2=C3CNCCC3N3CC=CSC1=C23. The Kier molecular flexibility index (Phi) is 5.38. The highest BCUT2D eigenvalue weighted by Crippen LogP contribution is 2.51. The third-order valence-corrected chi connectivity index (χ3v) is 7.35. The number of thioether (sulfide) groups is 1. The minimum Gasteiger partial charge on any atom is -0.360 e. The average molecular weight is 345 g/mol. The number of piperidine rings is 1. The Balaban J connectivity index is 1.54. The van der Waals surface area contributed by atoms with Crippen LogP contribution >= 0.6 is 11.8 Å². The molecule has 1 aliphatic carbocycles. The third-order valence-electron chi connectivity index (χ3n) is 6.25. The zero-order valence-electron chi connectivity index (χ0n) is 15.2. The van der Waals surface area contributed by atoms with Crippen LogP contribution in [0.2, 0.25) is 0 Å². The second-order valence-electron chi connectivity index (χ2n) is 7.78. The van der Waals surface area contributed by atoms with E-state index in [9.17, 15) is 0 Å². The minimum absolute atomic E-state index is 0.693. The maximum Gasteiger partial charge on any atom is 0.0537 e. The molecule has 132 valence electrons. The highest BCUT2D eigenvalue weighted by molar-refractivity contribution is 8.05. The molecular weight excluding hydrogens is 312 g/mol. The summed E-state index contributed by atoms with van der Waals surface area (Å²) >= 11 is 2.04. The molecule has 3 heteroatoms. The molecular formula is C21H32N2S. The summed E-state index contributed by atoms with van der Waals surface area (Å²) in [7, 11) is 0. The van der Waals surface area contributed by atoms with Crippen LogP contribution in [-0.4, -0.2) is 30.6 Å². The average Bonchev–Trinajstić information content (AvgIpc) is 2.77. The van der Waals surface area contributed by atoms with E-state index in [0.717, 1.165) is 19.0 Å². The van der Waals surface area contributed by atoms with E-state index < -0.39 is 0 Å². The van der Waals surface area contributed by atoms with E-state index in [0.29, 0.717) is 6.04 Å². The minimum atomic E-state index is 0.693. The summed E-state index contributed by atoms with van der Waals surface area (Å²) < 4.78 is 0. The maximum absolute atomic E-state index is 3.62. The zero-order chi connectivity index (χ0) is 16.4. The van der Waals surface area contributed by atoms with Gasteiger partial charge in [-0.3, -0.25) is 0 Å². The van der Waals surface area contributed by atoms with Gasteiger partial charge >= 0.3 is 0 Å². The van der Waals surface area contributed by atoms with E-state index in [1.807, 2.05) is 11.8 Å². The van der Waals surface area contributed by atoms with Gasteiger partial charge in [0.25, 0.3) is 0 Å². The summed E-state index contributed by atoms with van der Waals surface area (Å²) in [5, 5.41) is 5.99. The molecule has 1 saturated heterocycles. The van der Waals surface area contributed by atoms with Gasteiger partial charge in [0.2, 0.25) is 0 Å². The fourth-order valence-electron chi connectivity index (χ4n) is 5.02. The third kappa shape index (κ3) is 3.10. The van der Waals surface area contributed by atoms with Crippen LogP contribution in [0, 0.1) is 5.92 Å². The number of nitrogens with zero attached hydrogens (tertiary/aromatic N) is 1. The first kappa shape index (κ1) is 16.8. The number of allylic oxidation sites excluding steroid dienone is 2. The number of fused-ring (bicyclic) bond motifs is 2. The molecule has 1 fully saturated rings. The van der Waals surface area contributed by atoms with Gasteiger partial charge in [0.05, 0.1) is 11.7 Å². The van der Waals surface area contributed by atoms with Gasteiger partial charge in [0, 0.05) is 18.0 Å². The lowest BCUT2D eigenvalue weighted by molar-refractivity contribution is 0.296. The van der Waals surface area contributed by atoms with E-state index >= 15 is 0 Å². The van der Waals surface area contributed by atoms with E-state index in [2.05, 4.69) is 28.6 Å². The maximum atomic E-state index is 3.62. The molecule has 4 aliphatic rings. The first-order valence-corrected chi connectivity index (χ1v) is 11.0. The van der Waals surface area contributed by atoms with Crippen LogP contribution in [0.5, 0.6) is 0 Å². The fourth-order valence-corrected chi connectivity index (χ4v) is 6.13. The van der Waals surface area contributed by atoms with Gasteiger partial charge in [-0.15, -0.1) is 11.8 Å². The Labute approximate surface area is 151 Å². The Morgan fingerprint density at radius 3 is 3.04 bits per heavy atom. The van der Waals surface area contributed by atoms with Crippen molar-refractivity contribution in [3.63, 3.8) is 0 Å². The van der Waals surface area contributed by atoms with E-state index in [1.165, 1.54) is 64.3 Å². The van der Waals surface area contributed by atoms with Gasteiger partial charge < -0.3 is 10.2 Å². The van der Waals surface area contributed by atoms with Crippen molar-refractivity contribution < 1.29 is 0 Å². The smallest absolute Gasteiger partial charge is 0.0537 e. The van der Waals surface area contributed by atoms with Gasteiger partial charge in [-0.25, -0.2) is 0 Å². The molecule has 0 bridgehead atoms. The van der Waals surface area contributed by atoms with Crippen LogP contribution in [0.1, 0.15) is 64.7 Å². The van der Waals surface area contributed by atoms with Crippen molar-refractivity contribution in [1.82, 2.24) is 10.2 Å². The summed E-state index contributed by atoms with van der Waals surface area (Å²) in [5.41, 5.74) is 5.12. The summed E-state index contributed by atoms with van der Waals surface area (Å²) in [6.45, 7) is 5.73. The van der Waals surface area contributed by atoms with Crippen LogP contribution in [0.4, 0.5) is 0 Å².